The number of amides is 1. The van der Waals surface area contributed by atoms with E-state index in [1.54, 1.807) is 12.4 Å². The number of piperidine rings is 1. The molecule has 1 saturated heterocycles. The van der Waals surface area contributed by atoms with Gasteiger partial charge in [0, 0.05) is 42.7 Å². The summed E-state index contributed by atoms with van der Waals surface area (Å²) in [6, 6.07) is 1.81. The Morgan fingerprint density at radius 3 is 2.61 bits per heavy atom. The van der Waals surface area contributed by atoms with Crippen LogP contribution >= 0.6 is 11.3 Å². The van der Waals surface area contributed by atoms with Crippen molar-refractivity contribution in [3.05, 3.63) is 29.5 Å². The number of thiazole rings is 1. The monoisotopic (exact) mass is 329 g/mol. The first-order valence-electron chi connectivity index (χ1n) is 8.08. The van der Waals surface area contributed by atoms with Crippen LogP contribution in [0.3, 0.4) is 0 Å². The van der Waals surface area contributed by atoms with E-state index in [1.807, 2.05) is 6.07 Å². The Morgan fingerprint density at radius 2 is 1.91 bits per heavy atom. The number of carbonyl (C=O) groups excluding carboxylic acids is 1. The first kappa shape index (κ1) is 14.6. The summed E-state index contributed by atoms with van der Waals surface area (Å²) in [5.41, 5.74) is 1.14. The molecular formula is C16H19N5OS. The Hall–Kier alpha value is -2.02. The van der Waals surface area contributed by atoms with Crippen LogP contribution in [-0.4, -0.2) is 33.9 Å². The lowest BCUT2D eigenvalue weighted by atomic mass is 9.96. The maximum absolute atomic E-state index is 12.4. The molecule has 1 aliphatic heterocycles. The summed E-state index contributed by atoms with van der Waals surface area (Å²) >= 11 is 1.53. The van der Waals surface area contributed by atoms with E-state index in [2.05, 4.69) is 30.5 Å². The Morgan fingerprint density at radius 1 is 1.17 bits per heavy atom. The van der Waals surface area contributed by atoms with Gasteiger partial charge in [-0.15, -0.1) is 11.3 Å². The number of hydrogen-bond acceptors (Lipinski definition) is 6. The summed E-state index contributed by atoms with van der Waals surface area (Å²) in [6.07, 6.45) is 7.62. The van der Waals surface area contributed by atoms with Crippen LogP contribution in [0.1, 0.15) is 37.3 Å². The highest BCUT2D eigenvalue weighted by Crippen LogP contribution is 2.41. The summed E-state index contributed by atoms with van der Waals surface area (Å²) in [6.45, 7) is 1.63. The molecule has 0 aromatic carbocycles. The largest absolute Gasteiger partial charge is 0.341 e. The van der Waals surface area contributed by atoms with Gasteiger partial charge in [0.25, 0.3) is 0 Å². The van der Waals surface area contributed by atoms with Crippen LogP contribution in [0, 0.1) is 5.92 Å². The van der Waals surface area contributed by atoms with E-state index < -0.39 is 0 Å². The van der Waals surface area contributed by atoms with Crippen LogP contribution in [-0.2, 0) is 4.79 Å². The maximum atomic E-state index is 12.4. The van der Waals surface area contributed by atoms with Gasteiger partial charge in [0.15, 0.2) is 5.13 Å². The number of nitrogens with one attached hydrogen (secondary N) is 1. The van der Waals surface area contributed by atoms with Crippen molar-refractivity contribution >= 4 is 28.3 Å². The lowest BCUT2D eigenvalue weighted by Crippen LogP contribution is -2.39. The Balaban J connectivity index is 1.31. The third kappa shape index (κ3) is 3.34. The second-order valence-corrected chi connectivity index (χ2v) is 7.01. The van der Waals surface area contributed by atoms with Gasteiger partial charge in [-0.3, -0.25) is 4.79 Å². The molecule has 0 radical (unpaired) electrons. The summed E-state index contributed by atoms with van der Waals surface area (Å²) in [5, 5.41) is 5.80. The molecule has 1 aliphatic carbocycles. The SMILES string of the molecule is O=C(Nc1nc(C2CC2)cs1)C1CCN(c2ncccn2)CC1. The van der Waals surface area contributed by atoms with Crippen molar-refractivity contribution in [1.29, 1.82) is 0 Å². The molecule has 1 amide bonds. The van der Waals surface area contributed by atoms with Gasteiger partial charge in [0.2, 0.25) is 11.9 Å². The number of hydrogen-bond donors (Lipinski definition) is 1. The third-order valence-corrected chi connectivity index (χ3v) is 5.22. The molecule has 1 N–H and O–H groups in total. The first-order chi connectivity index (χ1) is 11.3. The molecule has 0 atom stereocenters. The van der Waals surface area contributed by atoms with Crippen LogP contribution in [0.15, 0.2) is 23.8 Å². The lowest BCUT2D eigenvalue weighted by molar-refractivity contribution is -0.120. The summed E-state index contributed by atoms with van der Waals surface area (Å²) in [5.74, 6) is 1.52. The van der Waals surface area contributed by atoms with Crippen molar-refractivity contribution in [1.82, 2.24) is 15.0 Å². The number of carbonyl (C=O) groups is 1. The molecule has 23 heavy (non-hydrogen) atoms. The highest BCUT2D eigenvalue weighted by Gasteiger charge is 2.28. The lowest BCUT2D eigenvalue weighted by Gasteiger charge is -2.30. The van der Waals surface area contributed by atoms with Gasteiger partial charge >= 0.3 is 0 Å². The molecule has 2 aromatic rings. The van der Waals surface area contributed by atoms with Gasteiger partial charge in [0.1, 0.15) is 0 Å². The molecule has 2 fully saturated rings. The molecule has 4 rings (SSSR count). The van der Waals surface area contributed by atoms with Crippen molar-refractivity contribution in [2.24, 2.45) is 5.92 Å². The fraction of sp³-hybridized carbons (Fsp3) is 0.500. The van der Waals surface area contributed by atoms with E-state index in [1.165, 1.54) is 24.2 Å². The second-order valence-electron chi connectivity index (χ2n) is 6.15. The molecule has 7 heteroatoms. The molecule has 3 heterocycles. The summed E-state index contributed by atoms with van der Waals surface area (Å²) in [4.78, 5) is 27.6. The number of aromatic nitrogens is 3. The Bertz CT molecular complexity index is 677. The van der Waals surface area contributed by atoms with Crippen molar-refractivity contribution in [2.75, 3.05) is 23.3 Å². The van der Waals surface area contributed by atoms with E-state index in [9.17, 15) is 4.79 Å². The average Bonchev–Trinajstić information content (AvgIpc) is 3.36. The van der Waals surface area contributed by atoms with E-state index in [4.69, 9.17) is 0 Å². The fourth-order valence-corrected chi connectivity index (χ4v) is 3.71. The minimum absolute atomic E-state index is 0.0447. The predicted molar refractivity (Wildman–Crippen MR) is 89.7 cm³/mol. The van der Waals surface area contributed by atoms with Gasteiger partial charge in [-0.2, -0.15) is 0 Å². The Labute approximate surface area is 139 Å². The van der Waals surface area contributed by atoms with Crippen LogP contribution in [0.5, 0.6) is 0 Å². The molecule has 0 spiro atoms. The first-order valence-corrected chi connectivity index (χ1v) is 8.96. The van der Waals surface area contributed by atoms with E-state index in [0.717, 1.165) is 42.7 Å². The van der Waals surface area contributed by atoms with E-state index in [-0.39, 0.29) is 11.8 Å². The molecule has 120 valence electrons. The fourth-order valence-electron chi connectivity index (χ4n) is 2.91. The zero-order valence-corrected chi connectivity index (χ0v) is 13.6. The van der Waals surface area contributed by atoms with E-state index in [0.29, 0.717) is 5.92 Å². The minimum Gasteiger partial charge on any atom is -0.341 e. The summed E-state index contributed by atoms with van der Waals surface area (Å²) in [7, 11) is 0. The topological polar surface area (TPSA) is 71.0 Å². The third-order valence-electron chi connectivity index (χ3n) is 4.45. The molecule has 2 aliphatic rings. The number of nitrogens with zero attached hydrogens (tertiary/aromatic N) is 4. The predicted octanol–water partition coefficient (Wildman–Crippen LogP) is 2.67. The average molecular weight is 329 g/mol. The Kier molecular flexibility index (Phi) is 3.95. The molecule has 0 bridgehead atoms. The molecular weight excluding hydrogens is 310 g/mol. The van der Waals surface area contributed by atoms with Crippen molar-refractivity contribution in [3.63, 3.8) is 0 Å². The van der Waals surface area contributed by atoms with E-state index >= 15 is 0 Å². The molecule has 0 unspecified atom stereocenters. The normalized spacial score (nSPS) is 18.9. The smallest absolute Gasteiger partial charge is 0.229 e. The molecule has 6 nitrogen and oxygen atoms in total. The van der Waals surface area contributed by atoms with Crippen molar-refractivity contribution in [2.45, 2.75) is 31.6 Å². The highest BCUT2D eigenvalue weighted by molar-refractivity contribution is 7.13. The van der Waals surface area contributed by atoms with Gasteiger partial charge in [-0.1, -0.05) is 0 Å². The number of rotatable bonds is 4. The molecule has 1 saturated carbocycles. The van der Waals surface area contributed by atoms with Crippen molar-refractivity contribution in [3.8, 4) is 0 Å². The van der Waals surface area contributed by atoms with Gasteiger partial charge < -0.3 is 10.2 Å². The second kappa shape index (κ2) is 6.23. The van der Waals surface area contributed by atoms with Crippen LogP contribution < -0.4 is 10.2 Å². The van der Waals surface area contributed by atoms with Crippen LogP contribution in [0.4, 0.5) is 11.1 Å². The number of anilines is 2. The quantitative estimate of drug-likeness (QED) is 0.934. The van der Waals surface area contributed by atoms with Gasteiger partial charge in [0.05, 0.1) is 5.69 Å². The van der Waals surface area contributed by atoms with Gasteiger partial charge in [-0.05, 0) is 31.7 Å². The zero-order chi connectivity index (χ0) is 15.6. The standard InChI is InChI=1S/C16H19N5OS/c22-14(20-16-19-13(10-23-16)11-2-3-11)12-4-8-21(9-5-12)15-17-6-1-7-18-15/h1,6-7,10-12H,2-5,8-9H2,(H,19,20,22). The summed E-state index contributed by atoms with van der Waals surface area (Å²) < 4.78 is 0. The highest BCUT2D eigenvalue weighted by atomic mass is 32.1. The zero-order valence-electron chi connectivity index (χ0n) is 12.8. The molecule has 2 aromatic heterocycles. The maximum Gasteiger partial charge on any atom is 0.229 e. The van der Waals surface area contributed by atoms with Gasteiger partial charge in [-0.25, -0.2) is 15.0 Å². The minimum atomic E-state index is 0.0447. The van der Waals surface area contributed by atoms with Crippen LogP contribution in [0.25, 0.3) is 0 Å². The van der Waals surface area contributed by atoms with Crippen LogP contribution in [0.2, 0.25) is 0 Å². The van der Waals surface area contributed by atoms with Crippen molar-refractivity contribution < 1.29 is 4.79 Å².